The smallest absolute Gasteiger partial charge is 0.0726 e. The lowest BCUT2D eigenvalue weighted by Gasteiger charge is -2.02. The van der Waals surface area contributed by atoms with Crippen LogP contribution in [0.1, 0.15) is 5.56 Å². The van der Waals surface area contributed by atoms with Crippen molar-refractivity contribution in [3.05, 3.63) is 53.3 Å². The molecule has 3 aromatic rings. The molecule has 0 aliphatic rings. The van der Waals surface area contributed by atoms with Crippen LogP contribution < -0.4 is 5.73 Å². The zero-order valence-electron chi connectivity index (χ0n) is 9.65. The van der Waals surface area contributed by atoms with Gasteiger partial charge in [0.05, 0.1) is 5.69 Å². The van der Waals surface area contributed by atoms with Gasteiger partial charge in [-0.3, -0.25) is 4.98 Å². The fourth-order valence-corrected chi connectivity index (χ4v) is 2.23. The monoisotopic (exact) mass is 257 g/mol. The summed E-state index contributed by atoms with van der Waals surface area (Å²) in [6, 6.07) is 9.70. The minimum absolute atomic E-state index is 0.513. The Hall–Kier alpha value is -1.84. The number of fused-ring (bicyclic) bond motifs is 1. The Bertz CT molecular complexity index is 703. The number of hydrogen-bond acceptors (Lipinski definition) is 2. The van der Waals surface area contributed by atoms with Crippen molar-refractivity contribution >= 4 is 22.5 Å². The standard InChI is InChI=1S/C14H12ClN3/c15-10-1-2-13-11(6-10)12(8-18-13)14-5-9(7-16)3-4-17-14/h1-6,8,18H,7,16H2. The molecule has 0 atom stereocenters. The van der Waals surface area contributed by atoms with Crippen molar-refractivity contribution in [2.24, 2.45) is 5.73 Å². The maximum Gasteiger partial charge on any atom is 0.0726 e. The van der Waals surface area contributed by atoms with E-state index in [-0.39, 0.29) is 0 Å². The van der Waals surface area contributed by atoms with Crippen LogP contribution in [0.3, 0.4) is 0 Å². The molecule has 3 nitrogen and oxygen atoms in total. The zero-order chi connectivity index (χ0) is 12.5. The zero-order valence-corrected chi connectivity index (χ0v) is 10.4. The van der Waals surface area contributed by atoms with Gasteiger partial charge in [0.2, 0.25) is 0 Å². The summed E-state index contributed by atoms with van der Waals surface area (Å²) in [6.45, 7) is 0.513. The van der Waals surface area contributed by atoms with Crippen LogP contribution in [0.2, 0.25) is 5.02 Å². The summed E-state index contributed by atoms with van der Waals surface area (Å²) in [5, 5.41) is 1.79. The highest BCUT2D eigenvalue weighted by Crippen LogP contribution is 2.29. The van der Waals surface area contributed by atoms with Crippen LogP contribution in [0.5, 0.6) is 0 Å². The molecule has 0 fully saturated rings. The Morgan fingerprint density at radius 3 is 2.94 bits per heavy atom. The largest absolute Gasteiger partial charge is 0.360 e. The number of H-pyrrole nitrogens is 1. The number of nitrogens with one attached hydrogen (secondary N) is 1. The number of benzene rings is 1. The Balaban J connectivity index is 2.21. The predicted octanol–water partition coefficient (Wildman–Crippen LogP) is 3.34. The minimum atomic E-state index is 0.513. The molecule has 0 aliphatic carbocycles. The summed E-state index contributed by atoms with van der Waals surface area (Å²) in [7, 11) is 0. The van der Waals surface area contributed by atoms with Crippen LogP contribution in [-0.2, 0) is 6.54 Å². The first kappa shape index (κ1) is 11.3. The predicted molar refractivity (Wildman–Crippen MR) is 74.4 cm³/mol. The Morgan fingerprint density at radius 2 is 2.11 bits per heavy atom. The summed E-state index contributed by atoms with van der Waals surface area (Å²) in [6.07, 6.45) is 3.73. The molecule has 0 saturated heterocycles. The molecule has 1 aromatic carbocycles. The van der Waals surface area contributed by atoms with Gasteiger partial charge in [-0.2, -0.15) is 0 Å². The van der Waals surface area contributed by atoms with Crippen molar-refractivity contribution in [1.29, 1.82) is 0 Å². The highest BCUT2D eigenvalue weighted by atomic mass is 35.5. The van der Waals surface area contributed by atoms with Crippen LogP contribution in [0, 0.1) is 0 Å². The van der Waals surface area contributed by atoms with Crippen LogP contribution in [0.15, 0.2) is 42.7 Å². The number of aromatic nitrogens is 2. The molecule has 0 bridgehead atoms. The molecule has 90 valence electrons. The fraction of sp³-hybridized carbons (Fsp3) is 0.0714. The number of halogens is 1. The number of rotatable bonds is 2. The fourth-order valence-electron chi connectivity index (χ4n) is 2.05. The lowest BCUT2D eigenvalue weighted by molar-refractivity contribution is 1.06. The van der Waals surface area contributed by atoms with Gasteiger partial charge in [0.15, 0.2) is 0 Å². The maximum absolute atomic E-state index is 6.04. The molecular formula is C14H12ClN3. The van der Waals surface area contributed by atoms with Gasteiger partial charge in [-0.1, -0.05) is 11.6 Å². The van der Waals surface area contributed by atoms with Crippen LogP contribution in [0.25, 0.3) is 22.2 Å². The molecule has 0 saturated carbocycles. The van der Waals surface area contributed by atoms with Crippen molar-refractivity contribution in [3.8, 4) is 11.3 Å². The molecule has 0 unspecified atom stereocenters. The van der Waals surface area contributed by atoms with Gasteiger partial charge in [-0.05, 0) is 35.9 Å². The summed E-state index contributed by atoms with van der Waals surface area (Å²) in [5.74, 6) is 0. The third-order valence-corrected chi connectivity index (χ3v) is 3.21. The summed E-state index contributed by atoms with van der Waals surface area (Å²) in [5.41, 5.74) is 9.72. The number of nitrogens with zero attached hydrogens (tertiary/aromatic N) is 1. The summed E-state index contributed by atoms with van der Waals surface area (Å²) >= 11 is 6.04. The van der Waals surface area contributed by atoms with E-state index in [0.717, 1.165) is 32.7 Å². The van der Waals surface area contributed by atoms with Gasteiger partial charge >= 0.3 is 0 Å². The second kappa shape index (κ2) is 4.44. The SMILES string of the molecule is NCc1ccnc(-c2c[nH]c3ccc(Cl)cc23)c1. The Morgan fingerprint density at radius 1 is 1.22 bits per heavy atom. The van der Waals surface area contributed by atoms with Crippen LogP contribution in [-0.4, -0.2) is 9.97 Å². The summed E-state index contributed by atoms with van der Waals surface area (Å²) < 4.78 is 0. The van der Waals surface area contributed by atoms with Gasteiger partial charge in [-0.15, -0.1) is 0 Å². The average molecular weight is 258 g/mol. The topological polar surface area (TPSA) is 54.7 Å². The molecule has 18 heavy (non-hydrogen) atoms. The molecule has 3 N–H and O–H groups in total. The molecule has 0 spiro atoms. The normalized spacial score (nSPS) is 11.0. The number of nitrogens with two attached hydrogens (primary N) is 1. The first-order valence-electron chi connectivity index (χ1n) is 5.70. The van der Waals surface area contributed by atoms with Gasteiger partial charge in [-0.25, -0.2) is 0 Å². The second-order valence-electron chi connectivity index (χ2n) is 4.15. The molecule has 2 heterocycles. The van der Waals surface area contributed by atoms with E-state index < -0.39 is 0 Å². The quantitative estimate of drug-likeness (QED) is 0.740. The van der Waals surface area contributed by atoms with Crippen molar-refractivity contribution in [2.45, 2.75) is 6.54 Å². The third kappa shape index (κ3) is 1.88. The molecule has 0 aliphatic heterocycles. The molecule has 4 heteroatoms. The lowest BCUT2D eigenvalue weighted by atomic mass is 10.1. The van der Waals surface area contributed by atoms with E-state index in [1.54, 1.807) is 6.20 Å². The lowest BCUT2D eigenvalue weighted by Crippen LogP contribution is -1.96. The van der Waals surface area contributed by atoms with E-state index >= 15 is 0 Å². The first-order valence-corrected chi connectivity index (χ1v) is 6.08. The van der Waals surface area contributed by atoms with E-state index in [2.05, 4.69) is 9.97 Å². The highest BCUT2D eigenvalue weighted by Gasteiger charge is 2.08. The number of hydrogen-bond donors (Lipinski definition) is 2. The van der Waals surface area contributed by atoms with Crippen molar-refractivity contribution < 1.29 is 0 Å². The molecule has 3 rings (SSSR count). The second-order valence-corrected chi connectivity index (χ2v) is 4.58. The van der Waals surface area contributed by atoms with Gasteiger partial charge in [0, 0.05) is 40.4 Å². The van der Waals surface area contributed by atoms with Crippen LogP contribution >= 0.6 is 11.6 Å². The van der Waals surface area contributed by atoms with E-state index in [1.165, 1.54) is 0 Å². The van der Waals surface area contributed by atoms with E-state index in [4.69, 9.17) is 17.3 Å². The number of aromatic amines is 1. The van der Waals surface area contributed by atoms with Crippen molar-refractivity contribution in [3.63, 3.8) is 0 Å². The van der Waals surface area contributed by atoms with E-state index in [0.29, 0.717) is 6.54 Å². The summed E-state index contributed by atoms with van der Waals surface area (Å²) in [4.78, 5) is 7.61. The van der Waals surface area contributed by atoms with Gasteiger partial charge in [0.25, 0.3) is 0 Å². The maximum atomic E-state index is 6.04. The van der Waals surface area contributed by atoms with Crippen LogP contribution in [0.4, 0.5) is 0 Å². The Labute approximate surface area is 110 Å². The van der Waals surface area contributed by atoms with E-state index in [9.17, 15) is 0 Å². The highest BCUT2D eigenvalue weighted by molar-refractivity contribution is 6.31. The van der Waals surface area contributed by atoms with Gasteiger partial charge in [0.1, 0.15) is 0 Å². The van der Waals surface area contributed by atoms with Crippen molar-refractivity contribution in [1.82, 2.24) is 9.97 Å². The molecule has 0 radical (unpaired) electrons. The number of pyridine rings is 1. The third-order valence-electron chi connectivity index (χ3n) is 2.98. The van der Waals surface area contributed by atoms with E-state index in [1.807, 2.05) is 36.5 Å². The Kier molecular flexibility index (Phi) is 2.78. The average Bonchev–Trinajstić information content (AvgIpc) is 2.81. The van der Waals surface area contributed by atoms with Crippen molar-refractivity contribution in [2.75, 3.05) is 0 Å². The van der Waals surface area contributed by atoms with Gasteiger partial charge < -0.3 is 10.7 Å². The minimum Gasteiger partial charge on any atom is -0.360 e. The molecular weight excluding hydrogens is 246 g/mol. The molecule has 0 amide bonds. The molecule has 2 aromatic heterocycles. The first-order chi connectivity index (χ1) is 8.78.